The lowest BCUT2D eigenvalue weighted by Crippen LogP contribution is -2.34. The largest absolute Gasteiger partial charge is 0.493 e. The highest BCUT2D eigenvalue weighted by atomic mass is 79.9. The summed E-state index contributed by atoms with van der Waals surface area (Å²) >= 11 is 10.1. The molecule has 0 atom stereocenters. The normalized spacial score (nSPS) is 14.8. The number of hydrogen-bond acceptors (Lipinski definition) is 7. The van der Waals surface area contributed by atoms with Crippen LogP contribution in [-0.2, 0) is 20.9 Å². The first-order valence-corrected chi connectivity index (χ1v) is 10.9. The molecule has 0 bridgehead atoms. The summed E-state index contributed by atoms with van der Waals surface area (Å²) in [6.07, 6.45) is 1.55. The summed E-state index contributed by atoms with van der Waals surface area (Å²) in [6, 6.07) is 10.7. The van der Waals surface area contributed by atoms with Crippen LogP contribution in [0.25, 0.3) is 6.08 Å². The van der Waals surface area contributed by atoms with E-state index in [1.165, 1.54) is 14.2 Å². The number of thioether (sulfide) groups is 1. The fourth-order valence-electron chi connectivity index (χ4n) is 2.68. The maximum atomic E-state index is 12.5. The quantitative estimate of drug-likeness (QED) is 0.375. The van der Waals surface area contributed by atoms with E-state index in [4.69, 9.17) is 21.1 Å². The summed E-state index contributed by atoms with van der Waals surface area (Å²) < 4.78 is 16.5. The number of methoxy groups -OCH3 is 2. The molecule has 2 aromatic rings. The third-order valence-electron chi connectivity index (χ3n) is 4.23. The molecule has 7 nitrogen and oxygen atoms in total. The van der Waals surface area contributed by atoms with Gasteiger partial charge >= 0.3 is 5.97 Å². The van der Waals surface area contributed by atoms with Crippen LogP contribution in [0.4, 0.5) is 4.79 Å². The van der Waals surface area contributed by atoms with Crippen molar-refractivity contribution in [1.29, 1.82) is 0 Å². The Morgan fingerprint density at radius 3 is 2.55 bits per heavy atom. The van der Waals surface area contributed by atoms with E-state index in [2.05, 4.69) is 20.7 Å². The van der Waals surface area contributed by atoms with E-state index >= 15 is 0 Å². The Bertz CT molecular complexity index is 1060. The number of hydrogen-bond donors (Lipinski definition) is 0. The molecule has 0 radical (unpaired) electrons. The molecule has 3 rings (SSSR count). The molecule has 0 aliphatic carbocycles. The topological polar surface area (TPSA) is 82.1 Å². The van der Waals surface area contributed by atoms with Crippen molar-refractivity contribution in [2.75, 3.05) is 20.8 Å². The first-order chi connectivity index (χ1) is 14.8. The molecule has 1 fully saturated rings. The summed E-state index contributed by atoms with van der Waals surface area (Å²) in [5.41, 5.74) is 1.55. The fraction of sp³-hybridized carbons (Fsp3) is 0.190. The van der Waals surface area contributed by atoms with Crippen LogP contribution in [-0.4, -0.2) is 42.8 Å². The SMILES string of the molecule is COC(=O)CN1C(=O)S/C(=C/c2cc(Br)c(OCc3ccc(Cl)cc3)c(OC)c2)C1=O. The van der Waals surface area contributed by atoms with Crippen molar-refractivity contribution in [1.82, 2.24) is 4.90 Å². The molecule has 162 valence electrons. The van der Waals surface area contributed by atoms with Crippen molar-refractivity contribution in [2.45, 2.75) is 6.61 Å². The van der Waals surface area contributed by atoms with E-state index in [1.54, 1.807) is 30.3 Å². The number of nitrogens with zero attached hydrogens (tertiary/aromatic N) is 1. The molecule has 2 amide bonds. The van der Waals surface area contributed by atoms with E-state index in [1.807, 2.05) is 12.1 Å². The van der Waals surface area contributed by atoms with Crippen LogP contribution in [0.1, 0.15) is 11.1 Å². The number of carbonyl (C=O) groups is 3. The Morgan fingerprint density at radius 2 is 1.90 bits per heavy atom. The average molecular weight is 527 g/mol. The van der Waals surface area contributed by atoms with Crippen LogP contribution in [0.15, 0.2) is 45.8 Å². The zero-order valence-electron chi connectivity index (χ0n) is 16.5. The van der Waals surface area contributed by atoms with Gasteiger partial charge in [0, 0.05) is 5.02 Å². The molecule has 2 aromatic carbocycles. The number of rotatable bonds is 7. The van der Waals surface area contributed by atoms with Crippen molar-refractivity contribution >= 4 is 62.5 Å². The molecule has 0 aromatic heterocycles. The van der Waals surface area contributed by atoms with Gasteiger partial charge < -0.3 is 14.2 Å². The second-order valence-electron chi connectivity index (χ2n) is 6.29. The minimum Gasteiger partial charge on any atom is -0.493 e. The van der Waals surface area contributed by atoms with Crippen LogP contribution in [0, 0.1) is 0 Å². The van der Waals surface area contributed by atoms with Crippen molar-refractivity contribution in [3.05, 3.63) is 61.9 Å². The number of carbonyl (C=O) groups excluding carboxylic acids is 3. The first-order valence-electron chi connectivity index (χ1n) is 8.89. The summed E-state index contributed by atoms with van der Waals surface area (Å²) in [5.74, 6) is -0.287. The lowest BCUT2D eigenvalue weighted by molar-refractivity contribution is -0.143. The van der Waals surface area contributed by atoms with Gasteiger partial charge in [0.1, 0.15) is 13.2 Å². The lowest BCUT2D eigenvalue weighted by Gasteiger charge is -2.14. The van der Waals surface area contributed by atoms with Crippen molar-refractivity contribution in [3.8, 4) is 11.5 Å². The Labute approximate surface area is 196 Å². The molecule has 0 spiro atoms. The standard InChI is InChI=1S/C21H17BrClNO6S/c1-28-16-8-13(9-17-20(26)24(21(27)31-17)10-18(25)29-2)7-15(22)19(16)30-11-12-3-5-14(23)6-4-12/h3-9H,10-11H2,1-2H3/b17-9+. The Morgan fingerprint density at radius 1 is 1.19 bits per heavy atom. The Kier molecular flexibility index (Phi) is 7.64. The lowest BCUT2D eigenvalue weighted by atomic mass is 10.1. The van der Waals surface area contributed by atoms with Gasteiger partial charge in [-0.2, -0.15) is 0 Å². The van der Waals surface area contributed by atoms with Gasteiger partial charge in [-0.1, -0.05) is 23.7 Å². The highest BCUT2D eigenvalue weighted by Crippen LogP contribution is 2.39. The van der Waals surface area contributed by atoms with Gasteiger partial charge in [-0.25, -0.2) is 0 Å². The highest BCUT2D eigenvalue weighted by molar-refractivity contribution is 9.10. The van der Waals surface area contributed by atoms with Crippen LogP contribution < -0.4 is 9.47 Å². The zero-order chi connectivity index (χ0) is 22.5. The molecule has 1 aliphatic heterocycles. The number of esters is 1. The van der Waals surface area contributed by atoms with Gasteiger partial charge in [-0.05, 0) is 69.2 Å². The molecule has 1 heterocycles. The number of halogens is 2. The second kappa shape index (κ2) is 10.2. The van der Waals surface area contributed by atoms with Crippen LogP contribution in [0.5, 0.6) is 11.5 Å². The van der Waals surface area contributed by atoms with Gasteiger partial charge in [0.15, 0.2) is 11.5 Å². The summed E-state index contributed by atoms with van der Waals surface area (Å²) in [4.78, 5) is 37.0. The zero-order valence-corrected chi connectivity index (χ0v) is 19.7. The van der Waals surface area contributed by atoms with Gasteiger partial charge in [-0.15, -0.1) is 0 Å². The molecule has 0 unspecified atom stereocenters. The highest BCUT2D eigenvalue weighted by Gasteiger charge is 2.36. The minimum absolute atomic E-state index is 0.192. The van der Waals surface area contributed by atoms with Crippen LogP contribution in [0.2, 0.25) is 5.02 Å². The molecule has 0 N–H and O–H groups in total. The van der Waals surface area contributed by atoms with Gasteiger partial charge in [0.05, 0.1) is 23.6 Å². The van der Waals surface area contributed by atoms with Crippen molar-refractivity contribution in [3.63, 3.8) is 0 Å². The number of ether oxygens (including phenoxy) is 3. The second-order valence-corrected chi connectivity index (χ2v) is 8.58. The molecule has 31 heavy (non-hydrogen) atoms. The molecule has 1 aliphatic rings. The number of amides is 2. The first kappa shape index (κ1) is 23.2. The Balaban J connectivity index is 1.80. The summed E-state index contributed by atoms with van der Waals surface area (Å²) in [5, 5.41) is 0.110. The smallest absolute Gasteiger partial charge is 0.325 e. The van der Waals surface area contributed by atoms with E-state index in [0.717, 1.165) is 22.2 Å². The molecular formula is C21H17BrClNO6S. The fourth-order valence-corrected chi connectivity index (χ4v) is 4.22. The predicted octanol–water partition coefficient (Wildman–Crippen LogP) is 4.90. The van der Waals surface area contributed by atoms with E-state index in [0.29, 0.717) is 33.2 Å². The van der Waals surface area contributed by atoms with Gasteiger partial charge in [0.2, 0.25) is 0 Å². The molecule has 0 saturated carbocycles. The summed E-state index contributed by atoms with van der Waals surface area (Å²) in [6.45, 7) is -0.124. The maximum absolute atomic E-state index is 12.5. The minimum atomic E-state index is -0.671. The third-order valence-corrected chi connectivity index (χ3v) is 5.98. The van der Waals surface area contributed by atoms with Crippen molar-refractivity contribution < 1.29 is 28.6 Å². The number of benzene rings is 2. The maximum Gasteiger partial charge on any atom is 0.325 e. The summed E-state index contributed by atoms with van der Waals surface area (Å²) in [7, 11) is 2.70. The Hall–Kier alpha value is -2.49. The molecule has 1 saturated heterocycles. The molecule has 10 heteroatoms. The number of imide groups is 1. The van der Waals surface area contributed by atoms with Crippen LogP contribution in [0.3, 0.4) is 0 Å². The van der Waals surface area contributed by atoms with Crippen molar-refractivity contribution in [2.24, 2.45) is 0 Å². The predicted molar refractivity (Wildman–Crippen MR) is 121 cm³/mol. The average Bonchev–Trinajstić information content (AvgIpc) is 3.01. The van der Waals surface area contributed by atoms with E-state index in [9.17, 15) is 14.4 Å². The monoisotopic (exact) mass is 525 g/mol. The van der Waals surface area contributed by atoms with Gasteiger partial charge in [-0.3, -0.25) is 19.3 Å². The van der Waals surface area contributed by atoms with E-state index in [-0.39, 0.29) is 4.91 Å². The van der Waals surface area contributed by atoms with Crippen LogP contribution >= 0.6 is 39.3 Å². The van der Waals surface area contributed by atoms with E-state index < -0.39 is 23.7 Å². The van der Waals surface area contributed by atoms with Gasteiger partial charge in [0.25, 0.3) is 11.1 Å². The third kappa shape index (κ3) is 5.61. The molecular weight excluding hydrogens is 510 g/mol.